The van der Waals surface area contributed by atoms with E-state index in [4.69, 9.17) is 0 Å². The zero-order valence-electron chi connectivity index (χ0n) is 11.9. The van der Waals surface area contributed by atoms with E-state index < -0.39 is 0 Å². The molecule has 0 unspecified atom stereocenters. The highest BCUT2D eigenvalue weighted by atomic mass is 32.2. The van der Waals surface area contributed by atoms with Gasteiger partial charge in [0, 0.05) is 22.8 Å². The number of hydrogen-bond acceptors (Lipinski definition) is 3. The number of aryl methyl sites for hydroxylation is 1. The predicted molar refractivity (Wildman–Crippen MR) is 84.5 cm³/mol. The summed E-state index contributed by atoms with van der Waals surface area (Å²) in [6.07, 6.45) is 7.04. The Labute approximate surface area is 127 Å². The van der Waals surface area contributed by atoms with Gasteiger partial charge < -0.3 is 5.21 Å². The van der Waals surface area contributed by atoms with Crippen molar-refractivity contribution in [3.63, 3.8) is 0 Å². The average Bonchev–Trinajstić information content (AvgIpc) is 2.89. The lowest BCUT2D eigenvalue weighted by Crippen LogP contribution is -2.24. The number of hydrogen-bond donors (Lipinski definition) is 0. The molecule has 0 N–H and O–H groups in total. The fourth-order valence-corrected chi connectivity index (χ4v) is 2.64. The topological polar surface area (TPSA) is 44.8 Å². The summed E-state index contributed by atoms with van der Waals surface area (Å²) in [5.74, 6) is 0.773. The van der Waals surface area contributed by atoms with Crippen LogP contribution in [0.3, 0.4) is 0 Å². The Kier molecular flexibility index (Phi) is 3.66. The molecule has 0 radical (unpaired) electrons. The largest absolute Gasteiger partial charge is 0.619 e. The van der Waals surface area contributed by atoms with Gasteiger partial charge in [-0.15, -0.1) is 11.8 Å². The first-order valence-electron chi connectivity index (χ1n) is 6.57. The zero-order valence-corrected chi connectivity index (χ0v) is 12.7. The highest BCUT2D eigenvalue weighted by molar-refractivity contribution is 7.98. The SMILES string of the molecule is CSc1ccc(-n2cc(C)nc2-c2ccc[n+]([O-])c2)cc1. The summed E-state index contributed by atoms with van der Waals surface area (Å²) in [6, 6.07) is 11.9. The van der Waals surface area contributed by atoms with Crippen LogP contribution in [0, 0.1) is 12.1 Å². The van der Waals surface area contributed by atoms with Crippen molar-refractivity contribution < 1.29 is 4.73 Å². The average molecular weight is 297 g/mol. The van der Waals surface area contributed by atoms with E-state index in [1.54, 1.807) is 17.8 Å². The van der Waals surface area contributed by atoms with E-state index in [2.05, 4.69) is 35.5 Å². The molecule has 0 fully saturated rings. The number of nitrogens with zero attached hydrogens (tertiary/aromatic N) is 3. The third-order valence-electron chi connectivity index (χ3n) is 3.21. The molecule has 4 nitrogen and oxygen atoms in total. The Morgan fingerprint density at radius 1 is 1.19 bits per heavy atom. The summed E-state index contributed by atoms with van der Waals surface area (Å²) >= 11 is 1.71. The van der Waals surface area contributed by atoms with Crippen molar-refractivity contribution in [2.24, 2.45) is 0 Å². The maximum Gasteiger partial charge on any atom is 0.191 e. The van der Waals surface area contributed by atoms with Crippen LogP contribution in [-0.2, 0) is 0 Å². The molecule has 1 aromatic carbocycles. The molecule has 106 valence electrons. The molecule has 3 aromatic rings. The standard InChI is InChI=1S/C16H15N3OS/c1-12-10-19(14-5-7-15(21-2)8-6-14)16(17-12)13-4-3-9-18(20)11-13/h3-11H,1-2H3. The van der Waals surface area contributed by atoms with Crippen LogP contribution in [0.1, 0.15) is 5.69 Å². The van der Waals surface area contributed by atoms with Gasteiger partial charge in [-0.3, -0.25) is 4.57 Å². The first kappa shape index (κ1) is 13.7. The molecule has 0 atom stereocenters. The van der Waals surface area contributed by atoms with E-state index in [-0.39, 0.29) is 0 Å². The van der Waals surface area contributed by atoms with Crippen molar-refractivity contribution in [2.45, 2.75) is 11.8 Å². The summed E-state index contributed by atoms with van der Waals surface area (Å²) in [4.78, 5) is 5.76. The van der Waals surface area contributed by atoms with Crippen LogP contribution in [0.25, 0.3) is 17.1 Å². The molecule has 2 heterocycles. The fourth-order valence-electron chi connectivity index (χ4n) is 2.23. The van der Waals surface area contributed by atoms with E-state index in [1.165, 1.54) is 17.3 Å². The lowest BCUT2D eigenvalue weighted by molar-refractivity contribution is -0.604. The highest BCUT2D eigenvalue weighted by Crippen LogP contribution is 2.23. The van der Waals surface area contributed by atoms with E-state index in [0.717, 1.165) is 27.5 Å². The van der Waals surface area contributed by atoms with Gasteiger partial charge in [0.2, 0.25) is 0 Å². The first-order valence-corrected chi connectivity index (χ1v) is 7.79. The highest BCUT2D eigenvalue weighted by Gasteiger charge is 2.12. The van der Waals surface area contributed by atoms with E-state index >= 15 is 0 Å². The zero-order chi connectivity index (χ0) is 14.8. The van der Waals surface area contributed by atoms with Crippen LogP contribution >= 0.6 is 11.8 Å². The Hall–Kier alpha value is -2.27. The van der Waals surface area contributed by atoms with E-state index in [9.17, 15) is 5.21 Å². The molecule has 0 aliphatic rings. The molecule has 3 rings (SSSR count). The van der Waals surface area contributed by atoms with Crippen LogP contribution in [0.4, 0.5) is 0 Å². The molecule has 5 heteroatoms. The second-order valence-corrected chi connectivity index (χ2v) is 5.61. The number of benzene rings is 1. The molecular formula is C16H15N3OS. The maximum atomic E-state index is 11.5. The second-order valence-electron chi connectivity index (χ2n) is 4.73. The molecular weight excluding hydrogens is 282 g/mol. The van der Waals surface area contributed by atoms with Crippen molar-refractivity contribution in [2.75, 3.05) is 6.26 Å². The number of rotatable bonds is 3. The summed E-state index contributed by atoms with van der Waals surface area (Å²) in [7, 11) is 0. The predicted octanol–water partition coefficient (Wildman–Crippen LogP) is 3.20. The van der Waals surface area contributed by atoms with Gasteiger partial charge in [0.25, 0.3) is 0 Å². The lowest BCUT2D eigenvalue weighted by atomic mass is 10.2. The molecule has 0 spiro atoms. The lowest BCUT2D eigenvalue weighted by Gasteiger charge is -2.08. The van der Waals surface area contributed by atoms with E-state index in [1.807, 2.05) is 23.8 Å². The molecule has 0 aliphatic carbocycles. The van der Waals surface area contributed by atoms with Crippen LogP contribution in [0.5, 0.6) is 0 Å². The fraction of sp³-hybridized carbons (Fsp3) is 0.125. The molecule has 0 aliphatic heterocycles. The maximum absolute atomic E-state index is 11.5. The summed E-state index contributed by atoms with van der Waals surface area (Å²) < 4.78 is 2.80. The summed E-state index contributed by atoms with van der Waals surface area (Å²) in [5.41, 5.74) is 2.75. The minimum absolute atomic E-state index is 0.773. The van der Waals surface area contributed by atoms with Crippen LogP contribution < -0.4 is 4.73 Å². The van der Waals surface area contributed by atoms with Crippen molar-refractivity contribution in [1.29, 1.82) is 0 Å². The minimum Gasteiger partial charge on any atom is -0.619 e. The van der Waals surface area contributed by atoms with Crippen LogP contribution in [0.15, 0.2) is 59.9 Å². The molecule has 0 saturated heterocycles. The van der Waals surface area contributed by atoms with Gasteiger partial charge >= 0.3 is 0 Å². The van der Waals surface area contributed by atoms with Crippen molar-refractivity contribution in [3.8, 4) is 17.1 Å². The van der Waals surface area contributed by atoms with Gasteiger partial charge in [0.1, 0.15) is 0 Å². The Morgan fingerprint density at radius 2 is 1.95 bits per heavy atom. The molecule has 0 saturated carbocycles. The number of pyridine rings is 1. The van der Waals surface area contributed by atoms with Crippen molar-refractivity contribution >= 4 is 11.8 Å². The summed E-state index contributed by atoms with van der Waals surface area (Å²) in [5, 5.41) is 11.5. The van der Waals surface area contributed by atoms with Gasteiger partial charge in [0.05, 0.1) is 11.3 Å². The third kappa shape index (κ3) is 2.78. The molecule has 21 heavy (non-hydrogen) atoms. The normalized spacial score (nSPS) is 10.8. The molecule has 0 amide bonds. The van der Waals surface area contributed by atoms with Crippen molar-refractivity contribution in [3.05, 3.63) is 65.9 Å². The number of imidazole rings is 1. The van der Waals surface area contributed by atoms with Crippen molar-refractivity contribution in [1.82, 2.24) is 9.55 Å². The quantitative estimate of drug-likeness (QED) is 0.423. The van der Waals surface area contributed by atoms with Gasteiger partial charge in [-0.2, -0.15) is 4.73 Å². The minimum atomic E-state index is 0.773. The number of thioether (sulfide) groups is 1. The van der Waals surface area contributed by atoms with Gasteiger partial charge in [-0.1, -0.05) is 0 Å². The van der Waals surface area contributed by atoms with Crippen LogP contribution in [-0.4, -0.2) is 15.8 Å². The smallest absolute Gasteiger partial charge is 0.191 e. The second kappa shape index (κ2) is 5.61. The molecule has 0 bridgehead atoms. The third-order valence-corrected chi connectivity index (χ3v) is 3.95. The monoisotopic (exact) mass is 297 g/mol. The van der Waals surface area contributed by atoms with Gasteiger partial charge in [-0.05, 0) is 43.5 Å². The van der Waals surface area contributed by atoms with Gasteiger partial charge in [0.15, 0.2) is 18.2 Å². The number of aromatic nitrogens is 3. The Morgan fingerprint density at radius 3 is 2.62 bits per heavy atom. The Balaban J connectivity index is 2.10. The first-order chi connectivity index (χ1) is 10.2. The van der Waals surface area contributed by atoms with E-state index in [0.29, 0.717) is 0 Å². The van der Waals surface area contributed by atoms with Gasteiger partial charge in [-0.25, -0.2) is 4.98 Å². The Bertz CT molecular complexity index is 765. The van der Waals surface area contributed by atoms with Crippen LogP contribution in [0.2, 0.25) is 0 Å². The molecule has 2 aromatic heterocycles. The summed E-state index contributed by atoms with van der Waals surface area (Å²) in [6.45, 7) is 1.95.